The van der Waals surface area contributed by atoms with E-state index < -0.39 is 49.3 Å². The molecule has 0 radical (unpaired) electrons. The molecular formula is C12H24N2O8. The number of unbranched alkanes of at least 4 members (excludes halogenated alkanes) is 1. The molecule has 1 heterocycles. The van der Waals surface area contributed by atoms with Crippen molar-refractivity contribution in [2.75, 3.05) is 13.2 Å². The Hall–Kier alpha value is -0.850. The molecule has 6 atom stereocenters. The van der Waals surface area contributed by atoms with Gasteiger partial charge in [-0.05, 0) is 25.8 Å². The molecule has 0 aliphatic carbocycles. The summed E-state index contributed by atoms with van der Waals surface area (Å²) in [6.45, 7) is -0.183. The normalized spacial score (nSPS) is 33.5. The van der Waals surface area contributed by atoms with E-state index in [1.165, 1.54) is 0 Å². The van der Waals surface area contributed by atoms with Crippen LogP contribution in [0, 0.1) is 0 Å². The van der Waals surface area contributed by atoms with Crippen LogP contribution in [0.2, 0.25) is 0 Å². The molecule has 1 rings (SSSR count). The third-order valence-electron chi connectivity index (χ3n) is 3.47. The Morgan fingerprint density at radius 3 is 2.45 bits per heavy atom. The van der Waals surface area contributed by atoms with E-state index in [-0.39, 0.29) is 6.42 Å². The number of aliphatic hydroxyl groups is 4. The summed E-state index contributed by atoms with van der Waals surface area (Å²) >= 11 is 0. The average molecular weight is 324 g/mol. The molecule has 0 bridgehead atoms. The van der Waals surface area contributed by atoms with E-state index in [1.54, 1.807) is 5.48 Å². The Bertz CT molecular complexity index is 343. The topological polar surface area (TPSA) is 175 Å². The Morgan fingerprint density at radius 2 is 1.91 bits per heavy atom. The van der Waals surface area contributed by atoms with Crippen molar-refractivity contribution in [1.82, 2.24) is 5.48 Å². The summed E-state index contributed by atoms with van der Waals surface area (Å²) in [5.41, 5.74) is 7.13. The number of aliphatic hydroxyl groups excluding tert-OH is 4. The van der Waals surface area contributed by atoms with E-state index >= 15 is 0 Å². The SMILES string of the molecule is NCCCC[C@H](NO)C(=O)O[C@@H]1O[C@H](CO)[C@H](O)[C@H](O)[C@H]1O. The third-order valence-corrected chi connectivity index (χ3v) is 3.47. The van der Waals surface area contributed by atoms with Crippen molar-refractivity contribution in [2.45, 2.75) is 56.0 Å². The highest BCUT2D eigenvalue weighted by Gasteiger charge is 2.45. The summed E-state index contributed by atoms with van der Waals surface area (Å²) in [4.78, 5) is 11.9. The van der Waals surface area contributed by atoms with Crippen LogP contribution in [0.3, 0.4) is 0 Å². The quantitative estimate of drug-likeness (QED) is 0.137. The minimum absolute atomic E-state index is 0.254. The molecule has 0 aromatic rings. The minimum atomic E-state index is -1.68. The van der Waals surface area contributed by atoms with Crippen molar-refractivity contribution in [3.63, 3.8) is 0 Å². The first-order chi connectivity index (χ1) is 10.5. The highest BCUT2D eigenvalue weighted by atomic mass is 16.7. The van der Waals surface area contributed by atoms with Crippen LogP contribution in [0.15, 0.2) is 0 Å². The van der Waals surface area contributed by atoms with Crippen LogP contribution >= 0.6 is 0 Å². The molecule has 0 aromatic heterocycles. The molecular weight excluding hydrogens is 300 g/mol. The fraction of sp³-hybridized carbons (Fsp3) is 0.917. The third kappa shape index (κ3) is 4.83. The molecule has 1 fully saturated rings. The predicted molar refractivity (Wildman–Crippen MR) is 71.5 cm³/mol. The molecule has 10 nitrogen and oxygen atoms in total. The van der Waals surface area contributed by atoms with Gasteiger partial charge in [0.05, 0.1) is 6.61 Å². The van der Waals surface area contributed by atoms with Crippen LogP contribution in [0.1, 0.15) is 19.3 Å². The molecule has 0 unspecified atom stereocenters. The van der Waals surface area contributed by atoms with E-state index in [0.29, 0.717) is 19.4 Å². The number of esters is 1. The Balaban J connectivity index is 2.60. The van der Waals surface area contributed by atoms with Crippen molar-refractivity contribution >= 4 is 5.97 Å². The van der Waals surface area contributed by atoms with Gasteiger partial charge < -0.3 is 40.8 Å². The fourth-order valence-corrected chi connectivity index (χ4v) is 2.09. The number of carbonyl (C=O) groups is 1. The molecule has 1 saturated heterocycles. The maximum absolute atomic E-state index is 11.9. The summed E-state index contributed by atoms with van der Waals surface area (Å²) < 4.78 is 9.93. The Kier molecular flexibility index (Phi) is 8.14. The van der Waals surface area contributed by atoms with Crippen molar-refractivity contribution < 1.29 is 39.9 Å². The van der Waals surface area contributed by atoms with Gasteiger partial charge in [-0.3, -0.25) is 4.79 Å². The van der Waals surface area contributed by atoms with E-state index in [2.05, 4.69) is 0 Å². The lowest BCUT2D eigenvalue weighted by Gasteiger charge is -2.39. The number of rotatable bonds is 8. The minimum Gasteiger partial charge on any atom is -0.431 e. The smallest absolute Gasteiger partial charge is 0.327 e. The van der Waals surface area contributed by atoms with Crippen molar-refractivity contribution in [3.8, 4) is 0 Å². The molecule has 0 saturated carbocycles. The first-order valence-electron chi connectivity index (χ1n) is 7.07. The van der Waals surface area contributed by atoms with Crippen LogP contribution in [-0.2, 0) is 14.3 Å². The van der Waals surface area contributed by atoms with Gasteiger partial charge >= 0.3 is 5.97 Å². The zero-order valence-corrected chi connectivity index (χ0v) is 12.0. The Labute approximate surface area is 127 Å². The lowest BCUT2D eigenvalue weighted by molar-refractivity contribution is -0.293. The first-order valence-corrected chi connectivity index (χ1v) is 7.07. The second-order valence-corrected chi connectivity index (χ2v) is 5.10. The number of hydroxylamine groups is 1. The van der Waals surface area contributed by atoms with Crippen LogP contribution in [0.25, 0.3) is 0 Å². The molecule has 130 valence electrons. The summed E-state index contributed by atoms with van der Waals surface area (Å²) in [5.74, 6) is -0.899. The number of hydrogen-bond donors (Lipinski definition) is 7. The van der Waals surface area contributed by atoms with Gasteiger partial charge in [0.15, 0.2) is 0 Å². The van der Waals surface area contributed by atoms with E-state index in [0.717, 1.165) is 0 Å². The highest BCUT2D eigenvalue weighted by molar-refractivity contribution is 5.75. The van der Waals surface area contributed by atoms with Crippen molar-refractivity contribution in [2.24, 2.45) is 5.73 Å². The van der Waals surface area contributed by atoms with Gasteiger partial charge in [0.1, 0.15) is 30.5 Å². The Morgan fingerprint density at radius 1 is 1.23 bits per heavy atom. The van der Waals surface area contributed by atoms with Gasteiger partial charge in [-0.2, -0.15) is 5.48 Å². The lowest BCUT2D eigenvalue weighted by atomic mass is 9.99. The molecule has 0 spiro atoms. The van der Waals surface area contributed by atoms with E-state index in [4.69, 9.17) is 25.5 Å². The number of nitrogens with two attached hydrogens (primary N) is 1. The average Bonchev–Trinajstić information content (AvgIpc) is 2.52. The molecule has 0 amide bonds. The van der Waals surface area contributed by atoms with Crippen LogP contribution in [-0.4, -0.2) is 81.5 Å². The fourth-order valence-electron chi connectivity index (χ4n) is 2.09. The molecule has 0 aromatic carbocycles. The number of hydrogen-bond acceptors (Lipinski definition) is 10. The summed E-state index contributed by atoms with van der Waals surface area (Å²) in [6, 6.07) is -1.04. The van der Waals surface area contributed by atoms with Gasteiger partial charge in [-0.1, -0.05) is 0 Å². The standard InChI is InChI=1S/C12H24N2O8/c13-4-2-1-3-6(14-20)11(19)22-12-10(18)9(17)8(16)7(5-15)21-12/h6-10,12,14-18,20H,1-5,13H2/t6-,7+,8-,9-,10+,12-/m0/s1. The molecule has 22 heavy (non-hydrogen) atoms. The predicted octanol–water partition coefficient (Wildman–Crippen LogP) is -3.19. The number of carbonyl (C=O) groups excluding carboxylic acids is 1. The second kappa shape index (κ2) is 9.33. The van der Waals surface area contributed by atoms with Crippen LogP contribution in [0.4, 0.5) is 0 Å². The maximum atomic E-state index is 11.9. The van der Waals surface area contributed by atoms with E-state index in [9.17, 15) is 20.1 Å². The summed E-state index contributed by atoms with van der Waals surface area (Å²) in [6.07, 6.45) is -6.10. The van der Waals surface area contributed by atoms with Gasteiger partial charge in [0.2, 0.25) is 6.29 Å². The van der Waals surface area contributed by atoms with Gasteiger partial charge in [-0.25, -0.2) is 0 Å². The largest absolute Gasteiger partial charge is 0.431 e. The summed E-state index contributed by atoms with van der Waals surface area (Å²) in [7, 11) is 0. The van der Waals surface area contributed by atoms with Crippen molar-refractivity contribution in [3.05, 3.63) is 0 Å². The monoisotopic (exact) mass is 324 g/mol. The summed E-state index contributed by atoms with van der Waals surface area (Å²) in [5, 5.41) is 46.9. The van der Waals surface area contributed by atoms with Crippen LogP contribution < -0.4 is 11.2 Å². The zero-order valence-electron chi connectivity index (χ0n) is 12.0. The molecule has 1 aliphatic rings. The number of ether oxygens (including phenoxy) is 2. The van der Waals surface area contributed by atoms with Gasteiger partial charge in [-0.15, -0.1) is 0 Å². The number of nitrogens with one attached hydrogen (secondary N) is 1. The van der Waals surface area contributed by atoms with Crippen molar-refractivity contribution in [1.29, 1.82) is 0 Å². The van der Waals surface area contributed by atoms with Crippen LogP contribution in [0.5, 0.6) is 0 Å². The van der Waals surface area contributed by atoms with Gasteiger partial charge in [0, 0.05) is 0 Å². The lowest BCUT2D eigenvalue weighted by Crippen LogP contribution is -2.60. The zero-order chi connectivity index (χ0) is 16.7. The van der Waals surface area contributed by atoms with E-state index in [1.807, 2.05) is 0 Å². The molecule has 1 aliphatic heterocycles. The highest BCUT2D eigenvalue weighted by Crippen LogP contribution is 2.22. The molecule has 8 N–H and O–H groups in total. The molecule has 10 heteroatoms. The van der Waals surface area contributed by atoms with Gasteiger partial charge in [0.25, 0.3) is 0 Å². The second-order valence-electron chi connectivity index (χ2n) is 5.10. The maximum Gasteiger partial charge on any atom is 0.327 e. The first kappa shape index (κ1) is 19.2.